The Labute approximate surface area is 99.9 Å². The monoisotopic (exact) mass is 222 g/mol. The maximum absolute atomic E-state index is 10.5. The third-order valence-corrected chi connectivity index (χ3v) is 5.23. The van der Waals surface area contributed by atoms with E-state index in [4.69, 9.17) is 0 Å². The van der Waals surface area contributed by atoms with Crippen LogP contribution in [-0.2, 0) is 0 Å². The maximum Gasteiger partial charge on any atom is 0.0650 e. The van der Waals surface area contributed by atoms with Gasteiger partial charge in [0.2, 0.25) is 0 Å². The average Bonchev–Trinajstić information content (AvgIpc) is 2.66. The molecule has 2 bridgehead atoms. The molecule has 92 valence electrons. The molecule has 0 heterocycles. The molecule has 0 spiro atoms. The molecule has 0 aliphatic heterocycles. The van der Waals surface area contributed by atoms with E-state index in [9.17, 15) is 5.11 Å². The molecule has 4 unspecified atom stereocenters. The van der Waals surface area contributed by atoms with Crippen molar-refractivity contribution in [1.29, 1.82) is 0 Å². The number of rotatable bonds is 3. The van der Waals surface area contributed by atoms with E-state index in [1.807, 2.05) is 0 Å². The fraction of sp³-hybridized carbons (Fsp3) is 0.867. The summed E-state index contributed by atoms with van der Waals surface area (Å²) in [6.45, 7) is 8.90. The van der Waals surface area contributed by atoms with Gasteiger partial charge in [0.1, 0.15) is 0 Å². The fourth-order valence-corrected chi connectivity index (χ4v) is 4.11. The van der Waals surface area contributed by atoms with Gasteiger partial charge in [-0.1, -0.05) is 25.5 Å². The molecular formula is C15H26O. The average molecular weight is 222 g/mol. The van der Waals surface area contributed by atoms with E-state index < -0.39 is 0 Å². The minimum Gasteiger partial charge on any atom is -0.392 e. The molecule has 0 radical (unpaired) electrons. The number of hydrogen-bond donors (Lipinski definition) is 1. The van der Waals surface area contributed by atoms with Crippen LogP contribution in [0.2, 0.25) is 0 Å². The van der Waals surface area contributed by atoms with Crippen LogP contribution in [0.5, 0.6) is 0 Å². The van der Waals surface area contributed by atoms with Crippen LogP contribution < -0.4 is 0 Å². The molecule has 2 rings (SSSR count). The zero-order valence-corrected chi connectivity index (χ0v) is 11.2. The van der Waals surface area contributed by atoms with Crippen molar-refractivity contribution in [3.63, 3.8) is 0 Å². The predicted octanol–water partition coefficient (Wildman–Crippen LogP) is 3.92. The highest BCUT2D eigenvalue weighted by atomic mass is 16.3. The topological polar surface area (TPSA) is 20.2 Å². The summed E-state index contributed by atoms with van der Waals surface area (Å²) in [5, 5.41) is 10.5. The highest BCUT2D eigenvalue weighted by Gasteiger charge is 2.60. The molecule has 2 fully saturated rings. The predicted molar refractivity (Wildman–Crippen MR) is 68.2 cm³/mol. The molecule has 0 aromatic carbocycles. The number of fused-ring (bicyclic) bond motifs is 2. The van der Waals surface area contributed by atoms with Gasteiger partial charge in [-0.15, -0.1) is 0 Å². The Balaban J connectivity index is 2.06. The van der Waals surface area contributed by atoms with Crippen LogP contribution >= 0.6 is 0 Å². The van der Waals surface area contributed by atoms with E-state index in [1.165, 1.54) is 24.8 Å². The van der Waals surface area contributed by atoms with Crippen LogP contribution in [0.15, 0.2) is 11.6 Å². The van der Waals surface area contributed by atoms with E-state index >= 15 is 0 Å². The summed E-state index contributed by atoms with van der Waals surface area (Å²) in [6, 6.07) is 0. The van der Waals surface area contributed by atoms with E-state index in [-0.39, 0.29) is 16.9 Å². The summed E-state index contributed by atoms with van der Waals surface area (Å²) >= 11 is 0. The number of aliphatic hydroxyl groups is 1. The van der Waals surface area contributed by atoms with Gasteiger partial charge in [-0.3, -0.25) is 0 Å². The van der Waals surface area contributed by atoms with E-state index in [0.29, 0.717) is 0 Å². The smallest absolute Gasteiger partial charge is 0.0650 e. The van der Waals surface area contributed by atoms with Crippen LogP contribution in [-0.4, -0.2) is 11.2 Å². The fourth-order valence-electron chi connectivity index (χ4n) is 4.11. The van der Waals surface area contributed by atoms with E-state index in [2.05, 4.69) is 33.8 Å². The second-order valence-electron chi connectivity index (χ2n) is 6.82. The third-order valence-electron chi connectivity index (χ3n) is 5.23. The molecule has 16 heavy (non-hydrogen) atoms. The van der Waals surface area contributed by atoms with Gasteiger partial charge in [0.05, 0.1) is 6.10 Å². The molecular weight excluding hydrogens is 196 g/mol. The van der Waals surface area contributed by atoms with Gasteiger partial charge in [0, 0.05) is 0 Å². The Bertz CT molecular complexity index is 303. The van der Waals surface area contributed by atoms with E-state index in [1.54, 1.807) is 0 Å². The number of allylic oxidation sites excluding steroid dienone is 2. The molecule has 1 N–H and O–H groups in total. The quantitative estimate of drug-likeness (QED) is 0.718. The van der Waals surface area contributed by atoms with Crippen molar-refractivity contribution in [3.05, 3.63) is 11.6 Å². The lowest BCUT2D eigenvalue weighted by Gasteiger charge is -2.41. The first-order chi connectivity index (χ1) is 7.38. The molecule has 0 saturated heterocycles. The molecule has 2 aliphatic carbocycles. The highest BCUT2D eigenvalue weighted by Crippen LogP contribution is 2.64. The first-order valence-electron chi connectivity index (χ1n) is 6.70. The molecule has 1 heteroatoms. The van der Waals surface area contributed by atoms with Crippen molar-refractivity contribution < 1.29 is 5.11 Å². The zero-order chi connectivity index (χ0) is 12.0. The Kier molecular flexibility index (Phi) is 2.94. The Morgan fingerprint density at radius 1 is 1.38 bits per heavy atom. The van der Waals surface area contributed by atoms with Crippen molar-refractivity contribution in [2.45, 2.75) is 65.9 Å². The molecule has 4 atom stereocenters. The van der Waals surface area contributed by atoms with E-state index in [0.717, 1.165) is 18.8 Å². The van der Waals surface area contributed by atoms with Crippen LogP contribution in [0.3, 0.4) is 0 Å². The van der Waals surface area contributed by atoms with Gasteiger partial charge >= 0.3 is 0 Å². The maximum atomic E-state index is 10.5. The lowest BCUT2D eigenvalue weighted by Crippen LogP contribution is -2.42. The normalized spacial score (nSPS) is 46.1. The SMILES string of the molecule is CC(C)=CCCC1(C)C2CCC(C)(C2)C1O. The van der Waals surface area contributed by atoms with Crippen molar-refractivity contribution >= 4 is 0 Å². The molecule has 0 aromatic heterocycles. The summed E-state index contributed by atoms with van der Waals surface area (Å²) in [5.74, 6) is 0.762. The first kappa shape index (κ1) is 12.2. The summed E-state index contributed by atoms with van der Waals surface area (Å²) in [5.41, 5.74) is 1.80. The van der Waals surface area contributed by atoms with Crippen LogP contribution in [0.25, 0.3) is 0 Å². The van der Waals surface area contributed by atoms with Crippen molar-refractivity contribution in [2.24, 2.45) is 16.7 Å². The Morgan fingerprint density at radius 3 is 2.56 bits per heavy atom. The number of hydrogen-bond acceptors (Lipinski definition) is 1. The second-order valence-corrected chi connectivity index (χ2v) is 6.82. The van der Waals surface area contributed by atoms with Gasteiger partial charge in [-0.2, -0.15) is 0 Å². The van der Waals surface area contributed by atoms with Crippen LogP contribution in [0.4, 0.5) is 0 Å². The largest absolute Gasteiger partial charge is 0.392 e. The lowest BCUT2D eigenvalue weighted by molar-refractivity contribution is -0.0481. The Hall–Kier alpha value is -0.300. The summed E-state index contributed by atoms with van der Waals surface area (Å²) in [6.07, 6.45) is 8.33. The highest BCUT2D eigenvalue weighted by molar-refractivity contribution is 5.11. The van der Waals surface area contributed by atoms with Crippen molar-refractivity contribution in [1.82, 2.24) is 0 Å². The van der Waals surface area contributed by atoms with Gasteiger partial charge < -0.3 is 5.11 Å². The molecule has 1 nitrogen and oxygen atoms in total. The molecule has 0 amide bonds. The van der Waals surface area contributed by atoms with Crippen LogP contribution in [0, 0.1) is 16.7 Å². The molecule has 0 aromatic rings. The minimum absolute atomic E-state index is 0.0793. The van der Waals surface area contributed by atoms with Crippen molar-refractivity contribution in [3.8, 4) is 0 Å². The molecule has 2 aliphatic rings. The van der Waals surface area contributed by atoms with Crippen LogP contribution in [0.1, 0.15) is 59.8 Å². The number of aliphatic hydroxyl groups excluding tert-OH is 1. The van der Waals surface area contributed by atoms with Gasteiger partial charge in [0.25, 0.3) is 0 Å². The van der Waals surface area contributed by atoms with Gasteiger partial charge in [-0.05, 0) is 62.7 Å². The summed E-state index contributed by atoms with van der Waals surface area (Å²) in [7, 11) is 0. The summed E-state index contributed by atoms with van der Waals surface area (Å²) < 4.78 is 0. The lowest BCUT2D eigenvalue weighted by atomic mass is 9.66. The minimum atomic E-state index is -0.0793. The summed E-state index contributed by atoms with van der Waals surface area (Å²) in [4.78, 5) is 0. The van der Waals surface area contributed by atoms with Gasteiger partial charge in [0.15, 0.2) is 0 Å². The Morgan fingerprint density at radius 2 is 2.06 bits per heavy atom. The third kappa shape index (κ3) is 1.73. The second kappa shape index (κ2) is 3.87. The molecule has 2 saturated carbocycles. The van der Waals surface area contributed by atoms with Crippen molar-refractivity contribution in [2.75, 3.05) is 0 Å². The van der Waals surface area contributed by atoms with Gasteiger partial charge in [-0.25, -0.2) is 0 Å². The zero-order valence-electron chi connectivity index (χ0n) is 11.2. The first-order valence-corrected chi connectivity index (χ1v) is 6.70. The standard InChI is InChI=1S/C15H26O/c1-11(2)6-5-8-15(4)12-7-9-14(3,10-12)13(15)16/h6,12-13,16H,5,7-10H2,1-4H3.